The molecule has 0 radical (unpaired) electrons. The zero-order valence-corrected chi connectivity index (χ0v) is 16.0. The third kappa shape index (κ3) is 3.91. The highest BCUT2D eigenvalue weighted by molar-refractivity contribution is 5.85. The lowest BCUT2D eigenvalue weighted by Crippen LogP contribution is -2.44. The minimum Gasteiger partial charge on any atom is -0.334 e. The van der Waals surface area contributed by atoms with Crippen LogP contribution in [0, 0.1) is 6.92 Å². The molecule has 0 amide bonds. The van der Waals surface area contributed by atoms with E-state index in [9.17, 15) is 4.79 Å². The van der Waals surface area contributed by atoms with Crippen LogP contribution >= 0.6 is 12.4 Å². The smallest absolute Gasteiger partial charge is 0.265 e. The minimum absolute atomic E-state index is 0. The molecule has 1 atom stereocenters. The first-order valence-corrected chi connectivity index (χ1v) is 8.13. The van der Waals surface area contributed by atoms with Gasteiger partial charge in [0.15, 0.2) is 5.82 Å². The summed E-state index contributed by atoms with van der Waals surface area (Å²) in [6.45, 7) is 10.4. The third-order valence-electron chi connectivity index (χ3n) is 4.28. The van der Waals surface area contributed by atoms with Gasteiger partial charge >= 0.3 is 0 Å². The average Bonchev–Trinajstić information content (AvgIpc) is 2.95. The van der Waals surface area contributed by atoms with Gasteiger partial charge in [0.1, 0.15) is 11.4 Å². The largest absolute Gasteiger partial charge is 0.334 e. The summed E-state index contributed by atoms with van der Waals surface area (Å²) in [4.78, 5) is 26.5. The van der Waals surface area contributed by atoms with Crippen LogP contribution in [0.4, 0.5) is 0 Å². The molecular formula is C16H25ClN6O2. The molecule has 25 heavy (non-hydrogen) atoms. The molecule has 1 aliphatic rings. The van der Waals surface area contributed by atoms with Crippen molar-refractivity contribution in [2.24, 2.45) is 0 Å². The number of aromatic nitrogens is 4. The Hall–Kier alpha value is -1.77. The lowest BCUT2D eigenvalue weighted by molar-refractivity contribution is 0.190. The Labute approximate surface area is 152 Å². The number of nitrogens with zero attached hydrogens (tertiary/aromatic N) is 4. The van der Waals surface area contributed by atoms with Gasteiger partial charge in [-0.15, -0.1) is 12.4 Å². The Kier molecular flexibility index (Phi) is 5.65. The van der Waals surface area contributed by atoms with E-state index in [0.29, 0.717) is 22.9 Å². The van der Waals surface area contributed by atoms with E-state index < -0.39 is 0 Å². The van der Waals surface area contributed by atoms with Crippen LogP contribution < -0.4 is 10.9 Å². The van der Waals surface area contributed by atoms with Gasteiger partial charge in [-0.3, -0.25) is 9.69 Å². The van der Waals surface area contributed by atoms with E-state index in [2.05, 4.69) is 30.3 Å². The van der Waals surface area contributed by atoms with Gasteiger partial charge in [0.25, 0.3) is 11.4 Å². The number of H-pyrrole nitrogens is 1. The molecule has 1 unspecified atom stereocenters. The molecule has 1 fully saturated rings. The Balaban J connectivity index is 0.00000225. The standard InChI is InChI=1S/C16H24N6O2.ClH/c1-9-11(13(23)20-15(18-9)16(2,3)4)14-19-12(21-24-14)10-8-17-6-7-22(10)5;/h10,17H,6-8H2,1-5H3,(H,18,20,23);1H. The summed E-state index contributed by atoms with van der Waals surface area (Å²) in [6, 6.07) is 0.0393. The van der Waals surface area contributed by atoms with Crippen LogP contribution in [0.3, 0.4) is 0 Å². The molecule has 8 nitrogen and oxygen atoms in total. The van der Waals surface area contributed by atoms with Gasteiger partial charge in [0, 0.05) is 25.0 Å². The first-order chi connectivity index (χ1) is 11.3. The second kappa shape index (κ2) is 7.23. The van der Waals surface area contributed by atoms with E-state index in [1.807, 2.05) is 27.8 Å². The van der Waals surface area contributed by atoms with E-state index in [4.69, 9.17) is 4.52 Å². The molecule has 1 aliphatic heterocycles. The summed E-state index contributed by atoms with van der Waals surface area (Å²) in [5.41, 5.74) is 0.443. The van der Waals surface area contributed by atoms with E-state index in [0.717, 1.165) is 19.6 Å². The number of aromatic amines is 1. The van der Waals surface area contributed by atoms with Crippen LogP contribution in [0.2, 0.25) is 0 Å². The van der Waals surface area contributed by atoms with Crippen LogP contribution in [0.5, 0.6) is 0 Å². The van der Waals surface area contributed by atoms with E-state index in [1.54, 1.807) is 6.92 Å². The molecule has 0 bridgehead atoms. The molecule has 2 aromatic heterocycles. The summed E-state index contributed by atoms with van der Waals surface area (Å²) < 4.78 is 5.36. The van der Waals surface area contributed by atoms with Crippen molar-refractivity contribution in [1.82, 2.24) is 30.3 Å². The number of likely N-dealkylation sites (N-methyl/N-ethyl adjacent to an activating group) is 1. The number of rotatable bonds is 2. The maximum atomic E-state index is 12.5. The Morgan fingerprint density at radius 1 is 1.28 bits per heavy atom. The number of aryl methyl sites for hydroxylation is 1. The van der Waals surface area contributed by atoms with Crippen LogP contribution in [0.1, 0.15) is 44.2 Å². The summed E-state index contributed by atoms with van der Waals surface area (Å²) in [7, 11) is 2.03. The first-order valence-electron chi connectivity index (χ1n) is 8.13. The van der Waals surface area contributed by atoms with Crippen molar-refractivity contribution in [2.75, 3.05) is 26.7 Å². The second-order valence-electron chi connectivity index (χ2n) is 7.28. The van der Waals surface area contributed by atoms with Gasteiger partial charge in [0.2, 0.25) is 0 Å². The normalized spacial score (nSPS) is 18.8. The van der Waals surface area contributed by atoms with Crippen molar-refractivity contribution >= 4 is 12.4 Å². The Morgan fingerprint density at radius 3 is 2.60 bits per heavy atom. The van der Waals surface area contributed by atoms with Gasteiger partial charge in [0.05, 0.1) is 11.7 Å². The Morgan fingerprint density at radius 2 is 2.00 bits per heavy atom. The summed E-state index contributed by atoms with van der Waals surface area (Å²) in [5, 5.41) is 7.39. The quantitative estimate of drug-likeness (QED) is 0.826. The van der Waals surface area contributed by atoms with Gasteiger partial charge in [-0.05, 0) is 14.0 Å². The highest BCUT2D eigenvalue weighted by Crippen LogP contribution is 2.24. The molecule has 138 valence electrons. The first kappa shape index (κ1) is 19.6. The zero-order chi connectivity index (χ0) is 17.5. The fourth-order valence-corrected chi connectivity index (χ4v) is 2.76. The summed E-state index contributed by atoms with van der Waals surface area (Å²) in [5.74, 6) is 1.44. The highest BCUT2D eigenvalue weighted by Gasteiger charge is 2.27. The fourth-order valence-electron chi connectivity index (χ4n) is 2.76. The van der Waals surface area contributed by atoms with Crippen LogP contribution in [-0.2, 0) is 5.41 Å². The monoisotopic (exact) mass is 368 g/mol. The van der Waals surface area contributed by atoms with Crippen LogP contribution in [0.25, 0.3) is 11.5 Å². The van der Waals surface area contributed by atoms with Gasteiger partial charge < -0.3 is 14.8 Å². The molecule has 0 spiro atoms. The lowest BCUT2D eigenvalue weighted by atomic mass is 9.95. The van der Waals surface area contributed by atoms with Gasteiger partial charge in [-0.2, -0.15) is 4.98 Å². The van der Waals surface area contributed by atoms with E-state index >= 15 is 0 Å². The summed E-state index contributed by atoms with van der Waals surface area (Å²) >= 11 is 0. The lowest BCUT2D eigenvalue weighted by Gasteiger charge is -2.30. The van der Waals surface area contributed by atoms with Crippen molar-refractivity contribution in [3.63, 3.8) is 0 Å². The molecule has 0 saturated carbocycles. The topological polar surface area (TPSA) is 99.9 Å². The molecule has 2 aromatic rings. The number of hydrogen-bond acceptors (Lipinski definition) is 7. The van der Waals surface area contributed by atoms with Crippen LogP contribution in [-0.4, -0.2) is 51.7 Å². The SMILES string of the molecule is Cc1nc(C(C)(C)C)[nH]c(=O)c1-c1nc(C2CNCCN2C)no1.Cl. The van der Waals surface area contributed by atoms with Gasteiger partial charge in [-0.25, -0.2) is 4.98 Å². The van der Waals surface area contributed by atoms with Crippen LogP contribution in [0.15, 0.2) is 9.32 Å². The maximum absolute atomic E-state index is 12.5. The predicted molar refractivity (Wildman–Crippen MR) is 97.1 cm³/mol. The minimum atomic E-state index is -0.252. The molecule has 3 rings (SSSR count). The molecule has 0 aromatic carbocycles. The maximum Gasteiger partial charge on any atom is 0.265 e. The van der Waals surface area contributed by atoms with Crippen molar-refractivity contribution in [2.45, 2.75) is 39.2 Å². The van der Waals surface area contributed by atoms with Crippen molar-refractivity contribution < 1.29 is 4.52 Å². The number of piperazine rings is 1. The average molecular weight is 369 g/mol. The fraction of sp³-hybridized carbons (Fsp3) is 0.625. The highest BCUT2D eigenvalue weighted by atomic mass is 35.5. The second-order valence-corrected chi connectivity index (χ2v) is 7.28. The van der Waals surface area contributed by atoms with Crippen molar-refractivity contribution in [3.8, 4) is 11.5 Å². The molecule has 2 N–H and O–H groups in total. The molecular weight excluding hydrogens is 344 g/mol. The zero-order valence-electron chi connectivity index (χ0n) is 15.2. The third-order valence-corrected chi connectivity index (χ3v) is 4.28. The number of halogens is 1. The van der Waals surface area contributed by atoms with E-state index in [-0.39, 0.29) is 35.3 Å². The molecule has 3 heterocycles. The molecule has 0 aliphatic carbocycles. The van der Waals surface area contributed by atoms with Gasteiger partial charge in [-0.1, -0.05) is 25.9 Å². The summed E-state index contributed by atoms with van der Waals surface area (Å²) in [6.07, 6.45) is 0. The number of nitrogens with one attached hydrogen (secondary N) is 2. The molecule has 9 heteroatoms. The predicted octanol–water partition coefficient (Wildman–Crippen LogP) is 1.42. The van der Waals surface area contributed by atoms with Crippen molar-refractivity contribution in [3.05, 3.63) is 27.7 Å². The van der Waals surface area contributed by atoms with Crippen molar-refractivity contribution in [1.29, 1.82) is 0 Å². The van der Waals surface area contributed by atoms with E-state index in [1.165, 1.54) is 0 Å². The Bertz CT molecular complexity index is 795. The molecule has 1 saturated heterocycles. The number of hydrogen-bond donors (Lipinski definition) is 2.